The molecule has 72 valence electrons. The van der Waals surface area contributed by atoms with E-state index < -0.39 is 5.97 Å². The number of aromatic nitrogens is 3. The Bertz CT molecular complexity index is 431. The van der Waals surface area contributed by atoms with Gasteiger partial charge in [-0.2, -0.15) is 5.10 Å². The monoisotopic (exact) mass is 191 g/mol. The number of H-pyrrole nitrogens is 2. The summed E-state index contributed by atoms with van der Waals surface area (Å²) in [5, 5.41) is 15.1. The van der Waals surface area contributed by atoms with Crippen molar-refractivity contribution in [1.29, 1.82) is 0 Å². The first-order valence-corrected chi connectivity index (χ1v) is 4.14. The van der Waals surface area contributed by atoms with Gasteiger partial charge in [0.25, 0.3) is 0 Å². The molecule has 0 saturated carbocycles. The van der Waals surface area contributed by atoms with Crippen molar-refractivity contribution < 1.29 is 9.90 Å². The number of carboxylic acids is 1. The Morgan fingerprint density at radius 1 is 1.43 bits per heavy atom. The molecule has 0 aliphatic rings. The van der Waals surface area contributed by atoms with Crippen molar-refractivity contribution in [1.82, 2.24) is 15.2 Å². The van der Waals surface area contributed by atoms with Crippen LogP contribution in [0.15, 0.2) is 24.7 Å². The third kappa shape index (κ3) is 1.66. The molecule has 0 aliphatic heterocycles. The Kier molecular flexibility index (Phi) is 2.06. The standard InChI is InChI=1S/C9H9N3O2/c13-9(14)2-8-1-6(3-10-8)7-4-11-12-5-7/h1,3-5,10H,2H2,(H,11,12)(H,13,14). The lowest BCUT2D eigenvalue weighted by Gasteiger charge is -1.88. The number of rotatable bonds is 3. The van der Waals surface area contributed by atoms with E-state index >= 15 is 0 Å². The summed E-state index contributed by atoms with van der Waals surface area (Å²) in [6.07, 6.45) is 5.22. The summed E-state index contributed by atoms with van der Waals surface area (Å²) in [7, 11) is 0. The molecule has 2 aromatic heterocycles. The second-order valence-electron chi connectivity index (χ2n) is 2.97. The van der Waals surface area contributed by atoms with E-state index in [9.17, 15) is 4.79 Å². The fourth-order valence-corrected chi connectivity index (χ4v) is 1.28. The van der Waals surface area contributed by atoms with Crippen LogP contribution in [0.25, 0.3) is 11.1 Å². The minimum atomic E-state index is -0.842. The van der Waals surface area contributed by atoms with Crippen LogP contribution < -0.4 is 0 Å². The highest BCUT2D eigenvalue weighted by atomic mass is 16.4. The summed E-state index contributed by atoms with van der Waals surface area (Å²) in [6.45, 7) is 0. The minimum absolute atomic E-state index is 0.0118. The van der Waals surface area contributed by atoms with Crippen LogP contribution >= 0.6 is 0 Å². The van der Waals surface area contributed by atoms with Crippen molar-refractivity contribution in [3.05, 3.63) is 30.4 Å². The number of carbonyl (C=O) groups is 1. The van der Waals surface area contributed by atoms with Crippen LogP contribution in [0.5, 0.6) is 0 Å². The molecule has 0 fully saturated rings. The molecule has 0 radical (unpaired) electrons. The first-order chi connectivity index (χ1) is 6.75. The average Bonchev–Trinajstić information content (AvgIpc) is 2.69. The summed E-state index contributed by atoms with van der Waals surface area (Å²) in [5.41, 5.74) is 2.57. The van der Waals surface area contributed by atoms with Gasteiger partial charge >= 0.3 is 5.97 Å². The zero-order valence-electron chi connectivity index (χ0n) is 7.32. The van der Waals surface area contributed by atoms with Gasteiger partial charge in [-0.25, -0.2) is 0 Å². The molecule has 0 atom stereocenters. The largest absolute Gasteiger partial charge is 0.481 e. The van der Waals surface area contributed by atoms with Crippen LogP contribution in [0.2, 0.25) is 0 Å². The number of nitrogens with zero attached hydrogens (tertiary/aromatic N) is 1. The maximum absolute atomic E-state index is 10.4. The molecular weight excluding hydrogens is 182 g/mol. The smallest absolute Gasteiger partial charge is 0.309 e. The van der Waals surface area contributed by atoms with Crippen molar-refractivity contribution in [3.8, 4) is 11.1 Å². The average molecular weight is 191 g/mol. The zero-order chi connectivity index (χ0) is 9.97. The summed E-state index contributed by atoms with van der Waals surface area (Å²) >= 11 is 0. The van der Waals surface area contributed by atoms with E-state index in [0.717, 1.165) is 11.1 Å². The van der Waals surface area contributed by atoms with Gasteiger partial charge in [0.1, 0.15) is 0 Å². The zero-order valence-corrected chi connectivity index (χ0v) is 7.32. The van der Waals surface area contributed by atoms with Gasteiger partial charge in [-0.15, -0.1) is 0 Å². The van der Waals surface area contributed by atoms with Gasteiger partial charge in [0.2, 0.25) is 0 Å². The molecule has 0 bridgehead atoms. The van der Waals surface area contributed by atoms with Gasteiger partial charge in [-0.1, -0.05) is 0 Å². The Morgan fingerprint density at radius 3 is 2.93 bits per heavy atom. The Morgan fingerprint density at radius 2 is 2.29 bits per heavy atom. The minimum Gasteiger partial charge on any atom is -0.481 e. The summed E-state index contributed by atoms with van der Waals surface area (Å²) in [6, 6.07) is 1.80. The maximum atomic E-state index is 10.4. The quantitative estimate of drug-likeness (QED) is 0.677. The van der Waals surface area contributed by atoms with Gasteiger partial charge in [0.05, 0.1) is 12.6 Å². The molecule has 2 aromatic rings. The second kappa shape index (κ2) is 3.37. The lowest BCUT2D eigenvalue weighted by molar-refractivity contribution is -0.136. The normalized spacial score (nSPS) is 10.3. The van der Waals surface area contributed by atoms with Crippen molar-refractivity contribution >= 4 is 5.97 Å². The first kappa shape index (κ1) is 8.55. The molecule has 5 nitrogen and oxygen atoms in total. The molecule has 2 heterocycles. The molecule has 0 saturated heterocycles. The predicted octanol–water partition coefficient (Wildman–Crippen LogP) is 1.03. The Labute approximate surface area is 79.8 Å². The number of nitrogens with one attached hydrogen (secondary N) is 2. The van der Waals surface area contributed by atoms with Gasteiger partial charge in [-0.05, 0) is 6.07 Å². The Balaban J connectivity index is 2.22. The van der Waals surface area contributed by atoms with E-state index in [4.69, 9.17) is 5.11 Å². The van der Waals surface area contributed by atoms with Gasteiger partial charge in [-0.3, -0.25) is 9.89 Å². The summed E-state index contributed by atoms with van der Waals surface area (Å²) in [5.74, 6) is -0.842. The van der Waals surface area contributed by atoms with Crippen molar-refractivity contribution in [3.63, 3.8) is 0 Å². The van der Waals surface area contributed by atoms with Crippen LogP contribution in [-0.2, 0) is 11.2 Å². The molecule has 3 N–H and O–H groups in total. The fourth-order valence-electron chi connectivity index (χ4n) is 1.28. The lowest BCUT2D eigenvalue weighted by atomic mass is 10.2. The van der Waals surface area contributed by atoms with Crippen molar-refractivity contribution in [2.45, 2.75) is 6.42 Å². The molecule has 0 spiro atoms. The highest BCUT2D eigenvalue weighted by molar-refractivity contribution is 5.71. The molecule has 0 unspecified atom stereocenters. The van der Waals surface area contributed by atoms with E-state index in [1.54, 1.807) is 24.7 Å². The molecule has 14 heavy (non-hydrogen) atoms. The number of aliphatic carboxylic acids is 1. The van der Waals surface area contributed by atoms with E-state index in [-0.39, 0.29) is 6.42 Å². The predicted molar refractivity (Wildman–Crippen MR) is 49.7 cm³/mol. The van der Waals surface area contributed by atoms with Crippen LogP contribution in [0.4, 0.5) is 0 Å². The number of hydrogen-bond donors (Lipinski definition) is 3. The van der Waals surface area contributed by atoms with E-state index in [2.05, 4.69) is 15.2 Å². The topological polar surface area (TPSA) is 81.8 Å². The second-order valence-corrected chi connectivity index (χ2v) is 2.97. The van der Waals surface area contributed by atoms with Gasteiger partial charge in [0, 0.05) is 29.2 Å². The van der Waals surface area contributed by atoms with Crippen LogP contribution in [-0.4, -0.2) is 26.3 Å². The molecule has 0 aliphatic carbocycles. The molecule has 5 heteroatoms. The van der Waals surface area contributed by atoms with E-state index in [0.29, 0.717) is 5.69 Å². The summed E-state index contributed by atoms with van der Waals surface area (Å²) < 4.78 is 0. The molecule has 2 rings (SSSR count). The third-order valence-corrected chi connectivity index (χ3v) is 1.92. The van der Waals surface area contributed by atoms with E-state index in [1.165, 1.54) is 0 Å². The highest BCUT2D eigenvalue weighted by Gasteiger charge is 2.05. The SMILES string of the molecule is O=C(O)Cc1cc(-c2cn[nH]c2)c[nH]1. The molecular formula is C9H9N3O2. The van der Waals surface area contributed by atoms with Gasteiger partial charge < -0.3 is 10.1 Å². The first-order valence-electron chi connectivity index (χ1n) is 4.14. The number of carboxylic acid groups (broad SMARTS) is 1. The fraction of sp³-hybridized carbons (Fsp3) is 0.111. The third-order valence-electron chi connectivity index (χ3n) is 1.92. The van der Waals surface area contributed by atoms with Crippen molar-refractivity contribution in [2.75, 3.05) is 0 Å². The van der Waals surface area contributed by atoms with Crippen LogP contribution in [0, 0.1) is 0 Å². The highest BCUT2D eigenvalue weighted by Crippen LogP contribution is 2.18. The summed E-state index contributed by atoms with van der Waals surface area (Å²) in [4.78, 5) is 13.3. The number of aromatic amines is 2. The van der Waals surface area contributed by atoms with E-state index in [1.807, 2.05) is 0 Å². The molecule has 0 amide bonds. The van der Waals surface area contributed by atoms with Crippen molar-refractivity contribution in [2.24, 2.45) is 0 Å². The Hall–Kier alpha value is -2.04. The molecule has 0 aromatic carbocycles. The van der Waals surface area contributed by atoms with Crippen LogP contribution in [0.1, 0.15) is 5.69 Å². The number of hydrogen-bond acceptors (Lipinski definition) is 2. The lowest BCUT2D eigenvalue weighted by Crippen LogP contribution is -1.99. The van der Waals surface area contributed by atoms with Gasteiger partial charge in [0.15, 0.2) is 0 Å². The van der Waals surface area contributed by atoms with Crippen LogP contribution in [0.3, 0.4) is 0 Å². The maximum Gasteiger partial charge on any atom is 0.309 e.